The highest BCUT2D eigenvalue weighted by atomic mass is 32.1. The Morgan fingerprint density at radius 2 is 1.49 bits per heavy atom. The number of nitrogens with zero attached hydrogens (tertiary/aromatic N) is 1. The van der Waals surface area contributed by atoms with Gasteiger partial charge >= 0.3 is 0 Å². The summed E-state index contributed by atoms with van der Waals surface area (Å²) >= 11 is 1.23. The third-order valence-corrected chi connectivity index (χ3v) is 8.30. The van der Waals surface area contributed by atoms with E-state index in [0.29, 0.717) is 10.7 Å². The second kappa shape index (κ2) is 15.0. The molecule has 0 aliphatic heterocycles. The molecule has 1 atom stereocenters. The van der Waals surface area contributed by atoms with Crippen LogP contribution in [0.2, 0.25) is 0 Å². The zero-order valence-corrected chi connectivity index (χ0v) is 26.4. The van der Waals surface area contributed by atoms with Crippen molar-refractivity contribution in [2.24, 2.45) is 0 Å². The number of benzene rings is 4. The molecule has 0 aliphatic rings. The number of phenols is 2. The van der Waals surface area contributed by atoms with Crippen molar-refractivity contribution in [3.05, 3.63) is 149 Å². The highest BCUT2D eigenvalue weighted by Crippen LogP contribution is 2.37. The summed E-state index contributed by atoms with van der Waals surface area (Å²) in [5.41, 5.74) is 3.10. The molecule has 1 heterocycles. The van der Waals surface area contributed by atoms with Crippen molar-refractivity contribution in [3.63, 3.8) is 0 Å². The molecule has 5 N–H and O–H groups in total. The van der Waals surface area contributed by atoms with Gasteiger partial charge in [0.25, 0.3) is 0 Å². The van der Waals surface area contributed by atoms with Crippen LogP contribution in [-0.2, 0) is 19.9 Å². The average molecular weight is 647 g/mol. The lowest BCUT2D eigenvalue weighted by atomic mass is 9.76. The fourth-order valence-electron chi connectivity index (χ4n) is 5.23. The van der Waals surface area contributed by atoms with Crippen molar-refractivity contribution in [1.82, 2.24) is 15.6 Å². The molecule has 47 heavy (non-hydrogen) atoms. The Hall–Kier alpha value is -5.74. The molecule has 0 spiro atoms. The molecule has 0 aliphatic carbocycles. The van der Waals surface area contributed by atoms with Gasteiger partial charge in [0.1, 0.15) is 11.6 Å². The number of aromatic hydroxyl groups is 2. The number of phenolic OH excluding ortho intramolecular Hbond substituents is 2. The fourth-order valence-corrected chi connectivity index (χ4v) is 5.76. The summed E-state index contributed by atoms with van der Waals surface area (Å²) in [7, 11) is 0. The Morgan fingerprint density at radius 3 is 2.09 bits per heavy atom. The number of anilines is 1. The first kappa shape index (κ1) is 32.6. The number of carbonyl (C=O) groups is 3. The summed E-state index contributed by atoms with van der Waals surface area (Å²) in [6.45, 7) is 2.00. The van der Waals surface area contributed by atoms with Crippen LogP contribution < -0.4 is 16.0 Å². The molecule has 4 aromatic carbocycles. The van der Waals surface area contributed by atoms with Crippen LogP contribution in [0.1, 0.15) is 40.7 Å². The minimum Gasteiger partial charge on any atom is -0.504 e. The van der Waals surface area contributed by atoms with Gasteiger partial charge in [0.05, 0.1) is 0 Å². The quantitative estimate of drug-likeness (QED) is 0.0651. The normalized spacial score (nSPS) is 11.9. The van der Waals surface area contributed by atoms with Crippen LogP contribution in [0, 0.1) is 6.92 Å². The summed E-state index contributed by atoms with van der Waals surface area (Å²) in [4.78, 5) is 44.3. The minimum atomic E-state index is -1.07. The summed E-state index contributed by atoms with van der Waals surface area (Å²) in [6, 6.07) is 30.5. The predicted molar refractivity (Wildman–Crippen MR) is 183 cm³/mol. The van der Waals surface area contributed by atoms with Crippen LogP contribution >= 0.6 is 11.3 Å². The van der Waals surface area contributed by atoms with E-state index in [9.17, 15) is 24.6 Å². The number of hydrogen-bond acceptors (Lipinski definition) is 7. The maximum absolute atomic E-state index is 13.9. The zero-order valence-electron chi connectivity index (χ0n) is 25.6. The van der Waals surface area contributed by atoms with Crippen molar-refractivity contribution >= 4 is 40.3 Å². The van der Waals surface area contributed by atoms with Gasteiger partial charge in [-0.2, -0.15) is 0 Å². The first-order valence-electron chi connectivity index (χ1n) is 14.9. The molecule has 9 nitrogen and oxygen atoms in total. The lowest BCUT2D eigenvalue weighted by Gasteiger charge is -2.37. The van der Waals surface area contributed by atoms with Crippen LogP contribution in [0.5, 0.6) is 11.5 Å². The van der Waals surface area contributed by atoms with Crippen LogP contribution in [0.3, 0.4) is 0 Å². The molecule has 5 rings (SSSR count). The number of hydrogen-bond donors (Lipinski definition) is 5. The molecule has 5 aromatic rings. The van der Waals surface area contributed by atoms with Gasteiger partial charge in [-0.25, -0.2) is 4.98 Å². The molecule has 0 saturated carbocycles. The van der Waals surface area contributed by atoms with Crippen LogP contribution in [0.15, 0.2) is 121 Å². The van der Waals surface area contributed by atoms with E-state index in [-0.39, 0.29) is 30.2 Å². The average Bonchev–Trinajstić information content (AvgIpc) is 3.60. The molecule has 1 aromatic heterocycles. The lowest BCUT2D eigenvalue weighted by molar-refractivity contribution is -0.125. The van der Waals surface area contributed by atoms with E-state index in [0.717, 1.165) is 22.3 Å². The van der Waals surface area contributed by atoms with Crippen molar-refractivity contribution < 1.29 is 24.6 Å². The Bertz CT molecular complexity index is 1800. The van der Waals surface area contributed by atoms with E-state index in [1.807, 2.05) is 91.9 Å². The van der Waals surface area contributed by atoms with Crippen LogP contribution in [-0.4, -0.2) is 39.0 Å². The largest absolute Gasteiger partial charge is 0.504 e. The Kier molecular flexibility index (Phi) is 10.4. The minimum absolute atomic E-state index is 0.00379. The summed E-state index contributed by atoms with van der Waals surface area (Å²) in [5, 5.41) is 30.1. The van der Waals surface area contributed by atoms with E-state index in [2.05, 4.69) is 20.9 Å². The number of nitrogens with one attached hydrogen (secondary N) is 3. The maximum Gasteiger partial charge on any atom is 0.248 e. The second-order valence-corrected chi connectivity index (χ2v) is 11.8. The molecule has 238 valence electrons. The second-order valence-electron chi connectivity index (χ2n) is 10.9. The van der Waals surface area contributed by atoms with Crippen molar-refractivity contribution in [2.45, 2.75) is 31.3 Å². The van der Waals surface area contributed by atoms with Crippen LogP contribution in [0.4, 0.5) is 5.13 Å². The van der Waals surface area contributed by atoms with Crippen LogP contribution in [0.25, 0.3) is 6.08 Å². The first-order valence-corrected chi connectivity index (χ1v) is 15.8. The first-order chi connectivity index (χ1) is 22.7. The number of rotatable bonds is 12. The zero-order chi connectivity index (χ0) is 33.2. The molecule has 3 amide bonds. The molecular weight excluding hydrogens is 612 g/mol. The van der Waals surface area contributed by atoms with E-state index in [4.69, 9.17) is 0 Å². The van der Waals surface area contributed by atoms with E-state index >= 15 is 0 Å². The highest BCUT2D eigenvalue weighted by molar-refractivity contribution is 7.13. The van der Waals surface area contributed by atoms with Crippen molar-refractivity contribution in [1.29, 1.82) is 0 Å². The number of amides is 3. The van der Waals surface area contributed by atoms with E-state index in [1.165, 1.54) is 41.7 Å². The molecule has 0 unspecified atom stereocenters. The number of carbonyl (C=O) groups excluding carboxylic acids is 3. The van der Waals surface area contributed by atoms with Gasteiger partial charge in [0, 0.05) is 24.1 Å². The third kappa shape index (κ3) is 8.11. The molecule has 10 heteroatoms. The molecule has 0 fully saturated rings. The van der Waals surface area contributed by atoms with E-state index < -0.39 is 23.4 Å². The van der Waals surface area contributed by atoms with Gasteiger partial charge in [-0.1, -0.05) is 96.6 Å². The third-order valence-electron chi connectivity index (χ3n) is 7.61. The van der Waals surface area contributed by atoms with Crippen molar-refractivity contribution in [3.8, 4) is 11.5 Å². The van der Waals surface area contributed by atoms with Crippen molar-refractivity contribution in [2.75, 3.05) is 5.32 Å². The fraction of sp³-hybridized carbons (Fsp3) is 0.135. The topological polar surface area (TPSA) is 141 Å². The van der Waals surface area contributed by atoms with Gasteiger partial charge in [-0.05, 0) is 53.8 Å². The predicted octanol–water partition coefficient (Wildman–Crippen LogP) is 5.89. The molecular formula is C37H34N4O5S. The molecule has 0 bridgehead atoms. The highest BCUT2D eigenvalue weighted by Gasteiger charge is 2.38. The Balaban J connectivity index is 1.40. The summed E-state index contributed by atoms with van der Waals surface area (Å²) in [5.74, 6) is -2.04. The molecule has 0 radical (unpaired) electrons. The van der Waals surface area contributed by atoms with Gasteiger partial charge in [0.2, 0.25) is 17.7 Å². The van der Waals surface area contributed by atoms with E-state index in [1.54, 1.807) is 11.6 Å². The SMILES string of the molecule is Cc1ccc(C(NC(=O)CC[C@H](NC(=O)/C=C/c2ccc(O)c(O)c2)C(=O)Nc2nccs2)(c2ccccc2)c2ccccc2)cc1. The monoisotopic (exact) mass is 646 g/mol. The summed E-state index contributed by atoms with van der Waals surface area (Å²) < 4.78 is 0. The Labute approximate surface area is 276 Å². The summed E-state index contributed by atoms with van der Waals surface area (Å²) in [6.07, 6.45) is 4.11. The number of thiazole rings is 1. The maximum atomic E-state index is 13.9. The van der Waals surface area contributed by atoms with Gasteiger partial charge in [-0.15, -0.1) is 11.3 Å². The van der Waals surface area contributed by atoms with Gasteiger partial charge in [-0.3, -0.25) is 14.4 Å². The number of aromatic nitrogens is 1. The van der Waals surface area contributed by atoms with Gasteiger partial charge in [0.15, 0.2) is 16.6 Å². The smallest absolute Gasteiger partial charge is 0.248 e. The number of aryl methyl sites for hydroxylation is 1. The lowest BCUT2D eigenvalue weighted by Crippen LogP contribution is -2.49. The molecule has 0 saturated heterocycles. The van der Waals surface area contributed by atoms with Gasteiger partial charge < -0.3 is 26.2 Å². The standard InChI is InChI=1S/C37H34N4O5S/c1-25-12-16-29(17-13-25)37(27-8-4-2-5-9-27,28-10-6-3-7-11-28)41-34(45)21-18-30(35(46)40-36-38-22-23-47-36)39-33(44)20-15-26-14-19-31(42)32(43)24-26/h2-17,19-20,22-24,30,42-43H,18,21H2,1H3,(H,39,44)(H,41,45)(H,38,40,46)/b20-15+/t30-/m0/s1. The Morgan fingerprint density at radius 1 is 0.851 bits per heavy atom.